The van der Waals surface area contributed by atoms with E-state index < -0.39 is 23.7 Å². The molecular weight excluding hydrogens is 371 g/mol. The van der Waals surface area contributed by atoms with Crippen LogP contribution in [0.4, 0.5) is 8.78 Å². The third-order valence-electron chi connectivity index (χ3n) is 4.57. The lowest BCUT2D eigenvalue weighted by atomic mass is 9.86. The summed E-state index contributed by atoms with van der Waals surface area (Å²) in [5.74, 6) is -4.77. The molecule has 2 unspecified atom stereocenters. The summed E-state index contributed by atoms with van der Waals surface area (Å²) in [6, 6.07) is 6.43. The standard InChI is InChI=1S/C17H17Cl2F2N3O/c18-14-5-4-11(9-15(14)19)13(10-12-3-1-6-17(12,20)21)16(25)23-24-8-2-7-22-24/h2,4-5,7-9,12-13H,1,3,6,10H2,(H,23,25). The molecule has 0 saturated heterocycles. The quantitative estimate of drug-likeness (QED) is 0.795. The number of benzene rings is 1. The van der Waals surface area contributed by atoms with Crippen molar-refractivity contribution >= 4 is 29.1 Å². The maximum absolute atomic E-state index is 14.1. The van der Waals surface area contributed by atoms with Gasteiger partial charge >= 0.3 is 0 Å². The van der Waals surface area contributed by atoms with E-state index in [1.165, 1.54) is 11.0 Å². The highest BCUT2D eigenvalue weighted by molar-refractivity contribution is 6.42. The van der Waals surface area contributed by atoms with Crippen LogP contribution < -0.4 is 5.43 Å². The minimum atomic E-state index is -2.75. The fourth-order valence-electron chi connectivity index (χ4n) is 3.22. The van der Waals surface area contributed by atoms with Crippen LogP contribution in [0.15, 0.2) is 36.7 Å². The molecule has 0 aliphatic heterocycles. The van der Waals surface area contributed by atoms with Crippen LogP contribution in [0.5, 0.6) is 0 Å². The summed E-state index contributed by atoms with van der Waals surface area (Å²) in [5, 5.41) is 4.55. The zero-order valence-electron chi connectivity index (χ0n) is 13.3. The number of alkyl halides is 2. The van der Waals surface area contributed by atoms with Gasteiger partial charge in [0.25, 0.3) is 5.92 Å². The fourth-order valence-corrected chi connectivity index (χ4v) is 3.53. The first kappa shape index (κ1) is 18.1. The molecule has 25 heavy (non-hydrogen) atoms. The van der Waals surface area contributed by atoms with E-state index in [0.29, 0.717) is 23.4 Å². The Morgan fingerprint density at radius 2 is 2.20 bits per heavy atom. The van der Waals surface area contributed by atoms with Crippen molar-refractivity contribution in [3.8, 4) is 0 Å². The monoisotopic (exact) mass is 387 g/mol. The van der Waals surface area contributed by atoms with Crippen LogP contribution in [0, 0.1) is 5.92 Å². The molecule has 1 amide bonds. The number of aromatic nitrogens is 2. The molecule has 1 heterocycles. The highest BCUT2D eigenvalue weighted by Gasteiger charge is 2.45. The molecule has 1 aromatic heterocycles. The number of carbonyl (C=O) groups excluding carboxylic acids is 1. The number of hydrogen-bond acceptors (Lipinski definition) is 2. The highest BCUT2D eigenvalue weighted by Crippen LogP contribution is 2.45. The van der Waals surface area contributed by atoms with E-state index in [1.54, 1.807) is 30.5 Å². The average Bonchev–Trinajstić information content (AvgIpc) is 3.17. The predicted octanol–water partition coefficient (Wildman–Crippen LogP) is 4.87. The van der Waals surface area contributed by atoms with Crippen molar-refractivity contribution in [1.82, 2.24) is 9.89 Å². The van der Waals surface area contributed by atoms with Crippen molar-refractivity contribution in [3.63, 3.8) is 0 Å². The summed E-state index contributed by atoms with van der Waals surface area (Å²) >= 11 is 12.0. The van der Waals surface area contributed by atoms with Crippen molar-refractivity contribution in [2.45, 2.75) is 37.5 Å². The summed E-state index contributed by atoms with van der Waals surface area (Å²) in [5.41, 5.74) is 3.16. The van der Waals surface area contributed by atoms with Crippen molar-refractivity contribution in [2.75, 3.05) is 5.43 Å². The molecule has 0 radical (unpaired) electrons. The second-order valence-corrected chi connectivity index (χ2v) is 7.05. The molecule has 0 bridgehead atoms. The average molecular weight is 388 g/mol. The van der Waals surface area contributed by atoms with E-state index in [9.17, 15) is 13.6 Å². The van der Waals surface area contributed by atoms with Gasteiger partial charge < -0.3 is 0 Å². The van der Waals surface area contributed by atoms with Gasteiger partial charge in [-0.15, -0.1) is 0 Å². The third kappa shape index (κ3) is 4.12. The van der Waals surface area contributed by atoms with Gasteiger partial charge in [0.15, 0.2) is 0 Å². The number of halogens is 4. The van der Waals surface area contributed by atoms with Gasteiger partial charge in [-0.3, -0.25) is 4.79 Å². The van der Waals surface area contributed by atoms with Gasteiger partial charge in [0.1, 0.15) is 0 Å². The van der Waals surface area contributed by atoms with Crippen LogP contribution in [-0.2, 0) is 4.79 Å². The van der Waals surface area contributed by atoms with Crippen molar-refractivity contribution in [1.29, 1.82) is 0 Å². The minimum Gasteiger partial charge on any atom is -0.272 e. The van der Waals surface area contributed by atoms with Crippen LogP contribution in [0.1, 0.15) is 37.2 Å². The smallest absolute Gasteiger partial charge is 0.250 e. The fraction of sp³-hybridized carbons (Fsp3) is 0.412. The number of carbonyl (C=O) groups is 1. The Hall–Kier alpha value is -1.66. The Labute approximate surface area is 154 Å². The number of hydrogen-bond donors (Lipinski definition) is 1. The van der Waals surface area contributed by atoms with Crippen molar-refractivity contribution in [2.24, 2.45) is 5.92 Å². The summed E-state index contributed by atoms with van der Waals surface area (Å²) < 4.78 is 28.1. The lowest BCUT2D eigenvalue weighted by molar-refractivity contribution is -0.119. The molecule has 1 aromatic carbocycles. The van der Waals surface area contributed by atoms with Crippen molar-refractivity contribution in [3.05, 3.63) is 52.3 Å². The number of rotatable bonds is 5. The summed E-state index contributed by atoms with van der Waals surface area (Å²) in [6.07, 6.45) is 3.85. The van der Waals surface area contributed by atoms with Crippen molar-refractivity contribution < 1.29 is 13.6 Å². The third-order valence-corrected chi connectivity index (χ3v) is 5.31. The van der Waals surface area contributed by atoms with Gasteiger partial charge in [-0.1, -0.05) is 29.3 Å². The van der Waals surface area contributed by atoms with Gasteiger partial charge in [0, 0.05) is 18.5 Å². The number of amides is 1. The molecule has 2 aromatic rings. The first-order valence-electron chi connectivity index (χ1n) is 8.00. The minimum absolute atomic E-state index is 0.0397. The Morgan fingerprint density at radius 3 is 2.80 bits per heavy atom. The summed E-state index contributed by atoms with van der Waals surface area (Å²) in [7, 11) is 0. The largest absolute Gasteiger partial charge is 0.272 e. The van der Waals surface area contributed by atoms with E-state index in [-0.39, 0.29) is 17.9 Å². The Morgan fingerprint density at radius 1 is 1.40 bits per heavy atom. The zero-order valence-corrected chi connectivity index (χ0v) is 14.8. The summed E-state index contributed by atoms with van der Waals surface area (Å²) in [6.45, 7) is 0. The normalized spacial score (nSPS) is 20.4. The molecule has 1 aliphatic rings. The molecule has 8 heteroatoms. The number of nitrogens with one attached hydrogen (secondary N) is 1. The predicted molar refractivity (Wildman–Crippen MR) is 92.7 cm³/mol. The van der Waals surface area contributed by atoms with E-state index in [2.05, 4.69) is 10.5 Å². The topological polar surface area (TPSA) is 46.9 Å². The van der Waals surface area contributed by atoms with Gasteiger partial charge in [0.05, 0.1) is 22.2 Å². The maximum Gasteiger partial charge on any atom is 0.250 e. The molecular formula is C17H17Cl2F2N3O. The second kappa shape index (κ2) is 7.30. The second-order valence-electron chi connectivity index (χ2n) is 6.24. The Bertz CT molecular complexity index is 752. The maximum atomic E-state index is 14.1. The van der Waals surface area contributed by atoms with Gasteiger partial charge in [0.2, 0.25) is 5.91 Å². The van der Waals surface area contributed by atoms with Gasteiger partial charge in [-0.2, -0.15) is 9.89 Å². The van der Waals surface area contributed by atoms with Crippen LogP contribution in [-0.4, -0.2) is 21.7 Å². The highest BCUT2D eigenvalue weighted by atomic mass is 35.5. The first-order chi connectivity index (χ1) is 11.9. The SMILES string of the molecule is O=C(Nn1cccn1)C(CC1CCCC1(F)F)c1ccc(Cl)c(Cl)c1. The molecule has 1 aliphatic carbocycles. The Kier molecular flexibility index (Phi) is 5.29. The van der Waals surface area contributed by atoms with Crippen LogP contribution in [0.3, 0.4) is 0 Å². The van der Waals surface area contributed by atoms with E-state index in [0.717, 1.165) is 0 Å². The first-order valence-corrected chi connectivity index (χ1v) is 8.76. The lowest BCUT2D eigenvalue weighted by Gasteiger charge is -2.25. The molecule has 2 atom stereocenters. The molecule has 1 saturated carbocycles. The molecule has 1 fully saturated rings. The van der Waals surface area contributed by atoms with E-state index in [1.807, 2.05) is 0 Å². The van der Waals surface area contributed by atoms with Gasteiger partial charge in [-0.25, -0.2) is 14.2 Å². The van der Waals surface area contributed by atoms with Gasteiger partial charge in [-0.05, 0) is 43.0 Å². The van der Waals surface area contributed by atoms with Crippen LogP contribution in [0.25, 0.3) is 0 Å². The Balaban J connectivity index is 1.87. The molecule has 3 rings (SSSR count). The van der Waals surface area contributed by atoms with Crippen LogP contribution >= 0.6 is 23.2 Å². The molecule has 4 nitrogen and oxygen atoms in total. The number of nitrogens with zero attached hydrogens (tertiary/aromatic N) is 2. The lowest BCUT2D eigenvalue weighted by Crippen LogP contribution is -2.32. The summed E-state index contributed by atoms with van der Waals surface area (Å²) in [4.78, 5) is 14.0. The van der Waals surface area contributed by atoms with E-state index in [4.69, 9.17) is 23.2 Å². The van der Waals surface area contributed by atoms with Crippen LogP contribution in [0.2, 0.25) is 10.0 Å². The molecule has 134 valence electrons. The van der Waals surface area contributed by atoms with E-state index >= 15 is 0 Å². The molecule has 0 spiro atoms. The zero-order chi connectivity index (χ0) is 18.0. The molecule has 1 N–H and O–H groups in total.